The minimum Gasteiger partial charge on any atom is -0.508 e. The van der Waals surface area contributed by atoms with Gasteiger partial charge in [0.05, 0.1) is 12.7 Å². The molecule has 0 saturated carbocycles. The highest BCUT2D eigenvalue weighted by atomic mass is 19.4. The number of rotatable bonds is 2. The third-order valence-electron chi connectivity index (χ3n) is 2.73. The highest BCUT2D eigenvalue weighted by molar-refractivity contribution is 5.68. The van der Waals surface area contributed by atoms with Crippen molar-refractivity contribution >= 4 is 0 Å². The maximum Gasteiger partial charge on any atom is 0.416 e. The van der Waals surface area contributed by atoms with E-state index in [9.17, 15) is 22.7 Å². The maximum atomic E-state index is 13.7. The summed E-state index contributed by atoms with van der Waals surface area (Å²) in [6.07, 6.45) is -4.57. The van der Waals surface area contributed by atoms with Gasteiger partial charge in [0.2, 0.25) is 0 Å². The molecule has 0 bridgehead atoms. The second-order valence-electron chi connectivity index (χ2n) is 4.11. The first-order valence-corrected chi connectivity index (χ1v) is 5.56. The topological polar surface area (TPSA) is 29.5 Å². The molecule has 0 unspecified atom stereocenters. The summed E-state index contributed by atoms with van der Waals surface area (Å²) in [4.78, 5) is 0. The van der Waals surface area contributed by atoms with Gasteiger partial charge in [0.25, 0.3) is 0 Å². The van der Waals surface area contributed by atoms with Crippen molar-refractivity contribution in [3.05, 3.63) is 47.8 Å². The molecule has 20 heavy (non-hydrogen) atoms. The average Bonchev–Trinajstić information content (AvgIpc) is 2.37. The Kier molecular flexibility index (Phi) is 3.57. The molecule has 0 aromatic heterocycles. The van der Waals surface area contributed by atoms with Gasteiger partial charge in [-0.1, -0.05) is 0 Å². The van der Waals surface area contributed by atoms with Gasteiger partial charge in [-0.2, -0.15) is 13.2 Å². The maximum absolute atomic E-state index is 13.7. The Labute approximate surface area is 112 Å². The SMILES string of the molecule is COc1cc(O)cc(-c2cc(C(F)(F)F)ccc2F)c1. The average molecular weight is 286 g/mol. The molecule has 0 heterocycles. The predicted molar refractivity (Wildman–Crippen MR) is 65.1 cm³/mol. The lowest BCUT2D eigenvalue weighted by Gasteiger charge is -2.11. The first-order valence-electron chi connectivity index (χ1n) is 5.56. The number of hydrogen-bond acceptors (Lipinski definition) is 2. The molecule has 0 spiro atoms. The summed E-state index contributed by atoms with van der Waals surface area (Å²) in [5.41, 5.74) is -1.12. The predicted octanol–water partition coefficient (Wildman–Crippen LogP) is 4.23. The first-order chi connectivity index (χ1) is 9.31. The van der Waals surface area contributed by atoms with Crippen LogP contribution in [-0.2, 0) is 6.18 Å². The molecule has 0 radical (unpaired) electrons. The van der Waals surface area contributed by atoms with Crippen LogP contribution in [0.5, 0.6) is 11.5 Å². The Morgan fingerprint density at radius 1 is 1.05 bits per heavy atom. The minimum absolute atomic E-state index is 0.102. The number of aromatic hydroxyl groups is 1. The Balaban J connectivity index is 2.60. The van der Waals surface area contributed by atoms with Crippen molar-refractivity contribution in [2.75, 3.05) is 7.11 Å². The summed E-state index contributed by atoms with van der Waals surface area (Å²) >= 11 is 0. The van der Waals surface area contributed by atoms with E-state index >= 15 is 0 Å². The van der Waals surface area contributed by atoms with Gasteiger partial charge in [-0.05, 0) is 35.9 Å². The normalized spacial score (nSPS) is 11.4. The van der Waals surface area contributed by atoms with E-state index in [0.717, 1.165) is 6.07 Å². The molecular formula is C14H10F4O2. The van der Waals surface area contributed by atoms with Crippen molar-refractivity contribution in [1.29, 1.82) is 0 Å². The van der Waals surface area contributed by atoms with E-state index in [4.69, 9.17) is 4.74 Å². The number of halogens is 4. The van der Waals surface area contributed by atoms with E-state index in [1.807, 2.05) is 0 Å². The molecule has 0 saturated heterocycles. The summed E-state index contributed by atoms with van der Waals surface area (Å²) < 4.78 is 56.5. The molecule has 2 aromatic carbocycles. The van der Waals surface area contributed by atoms with E-state index < -0.39 is 17.6 Å². The molecule has 2 nitrogen and oxygen atoms in total. The van der Waals surface area contributed by atoms with Gasteiger partial charge in [-0.25, -0.2) is 4.39 Å². The fourth-order valence-electron chi connectivity index (χ4n) is 1.78. The molecular weight excluding hydrogens is 276 g/mol. The molecule has 0 aliphatic rings. The molecule has 0 aliphatic carbocycles. The van der Waals surface area contributed by atoms with Crippen LogP contribution in [0.3, 0.4) is 0 Å². The zero-order chi connectivity index (χ0) is 14.9. The van der Waals surface area contributed by atoms with Crippen LogP contribution in [-0.4, -0.2) is 12.2 Å². The zero-order valence-corrected chi connectivity index (χ0v) is 10.3. The lowest BCUT2D eigenvalue weighted by Crippen LogP contribution is -2.05. The Morgan fingerprint density at radius 2 is 1.75 bits per heavy atom. The van der Waals surface area contributed by atoms with Crippen molar-refractivity contribution < 1.29 is 27.4 Å². The molecule has 0 fully saturated rings. The van der Waals surface area contributed by atoms with Crippen LogP contribution in [0.4, 0.5) is 17.6 Å². The van der Waals surface area contributed by atoms with E-state index in [2.05, 4.69) is 0 Å². The van der Waals surface area contributed by atoms with Crippen LogP contribution >= 0.6 is 0 Å². The van der Waals surface area contributed by atoms with Crippen molar-refractivity contribution in [1.82, 2.24) is 0 Å². The standard InChI is InChI=1S/C14H10F4O2/c1-20-11-5-8(4-10(19)7-11)12-6-9(14(16,17)18)2-3-13(12)15/h2-7,19H,1H3. The third-order valence-corrected chi connectivity index (χ3v) is 2.73. The van der Waals surface area contributed by atoms with E-state index in [1.54, 1.807) is 0 Å². The summed E-state index contributed by atoms with van der Waals surface area (Å²) in [6.45, 7) is 0. The lowest BCUT2D eigenvalue weighted by molar-refractivity contribution is -0.137. The molecule has 106 valence electrons. The Bertz CT molecular complexity index is 636. The van der Waals surface area contributed by atoms with E-state index in [0.29, 0.717) is 12.1 Å². The molecule has 6 heteroatoms. The number of phenols is 1. The summed E-state index contributed by atoms with van der Waals surface area (Å²) in [5, 5.41) is 9.48. The lowest BCUT2D eigenvalue weighted by atomic mass is 10.0. The number of phenolic OH excluding ortho intramolecular Hbond substituents is 1. The molecule has 2 rings (SSSR count). The number of ether oxygens (including phenoxy) is 1. The van der Waals surface area contributed by atoms with Crippen molar-refractivity contribution in [3.8, 4) is 22.6 Å². The number of methoxy groups -OCH3 is 1. The zero-order valence-electron chi connectivity index (χ0n) is 10.3. The van der Waals surface area contributed by atoms with Crippen LogP contribution in [0.2, 0.25) is 0 Å². The monoisotopic (exact) mass is 286 g/mol. The second-order valence-corrected chi connectivity index (χ2v) is 4.11. The smallest absolute Gasteiger partial charge is 0.416 e. The van der Waals surface area contributed by atoms with Gasteiger partial charge in [-0.3, -0.25) is 0 Å². The van der Waals surface area contributed by atoms with Crippen LogP contribution in [0, 0.1) is 5.82 Å². The van der Waals surface area contributed by atoms with Crippen LogP contribution < -0.4 is 4.74 Å². The summed E-state index contributed by atoms with van der Waals surface area (Å²) in [7, 11) is 1.33. The summed E-state index contributed by atoms with van der Waals surface area (Å²) in [5.74, 6) is -0.821. The molecule has 0 amide bonds. The highest BCUT2D eigenvalue weighted by Gasteiger charge is 2.31. The van der Waals surface area contributed by atoms with E-state index in [1.165, 1.54) is 25.3 Å². The number of benzene rings is 2. The van der Waals surface area contributed by atoms with Crippen LogP contribution in [0.1, 0.15) is 5.56 Å². The van der Waals surface area contributed by atoms with Crippen molar-refractivity contribution in [3.63, 3.8) is 0 Å². The number of hydrogen-bond donors (Lipinski definition) is 1. The molecule has 0 aliphatic heterocycles. The first kappa shape index (κ1) is 14.2. The number of alkyl halides is 3. The van der Waals surface area contributed by atoms with E-state index in [-0.39, 0.29) is 22.6 Å². The molecule has 2 aromatic rings. The van der Waals surface area contributed by atoms with Gasteiger partial charge in [0.15, 0.2) is 0 Å². The van der Waals surface area contributed by atoms with Gasteiger partial charge < -0.3 is 9.84 Å². The fourth-order valence-corrected chi connectivity index (χ4v) is 1.78. The van der Waals surface area contributed by atoms with Gasteiger partial charge in [-0.15, -0.1) is 0 Å². The molecule has 0 atom stereocenters. The highest BCUT2D eigenvalue weighted by Crippen LogP contribution is 2.35. The Hall–Kier alpha value is -2.24. The second kappa shape index (κ2) is 5.03. The van der Waals surface area contributed by atoms with Crippen molar-refractivity contribution in [2.24, 2.45) is 0 Å². The fraction of sp³-hybridized carbons (Fsp3) is 0.143. The quantitative estimate of drug-likeness (QED) is 0.837. The largest absolute Gasteiger partial charge is 0.508 e. The summed E-state index contributed by atoms with van der Waals surface area (Å²) in [6, 6.07) is 5.89. The van der Waals surface area contributed by atoms with Crippen LogP contribution in [0.15, 0.2) is 36.4 Å². The minimum atomic E-state index is -4.57. The van der Waals surface area contributed by atoms with Crippen molar-refractivity contribution in [2.45, 2.75) is 6.18 Å². The van der Waals surface area contributed by atoms with Crippen LogP contribution in [0.25, 0.3) is 11.1 Å². The van der Waals surface area contributed by atoms with Gasteiger partial charge in [0, 0.05) is 11.6 Å². The Morgan fingerprint density at radius 3 is 2.35 bits per heavy atom. The van der Waals surface area contributed by atoms with Gasteiger partial charge in [0.1, 0.15) is 17.3 Å². The third kappa shape index (κ3) is 2.84. The van der Waals surface area contributed by atoms with Gasteiger partial charge >= 0.3 is 6.18 Å². The molecule has 1 N–H and O–H groups in total.